The van der Waals surface area contributed by atoms with E-state index in [0.29, 0.717) is 34.1 Å². The van der Waals surface area contributed by atoms with Crippen LogP contribution in [0.2, 0.25) is 0 Å². The Morgan fingerprint density at radius 1 is 1.00 bits per heavy atom. The maximum atomic E-state index is 13.5. The van der Waals surface area contributed by atoms with Crippen molar-refractivity contribution >= 4 is 45.4 Å². The average molecular weight is 582 g/mol. The number of aromatic nitrogens is 1. The number of benzene rings is 3. The molecule has 42 heavy (non-hydrogen) atoms. The van der Waals surface area contributed by atoms with E-state index in [1.165, 1.54) is 11.8 Å². The van der Waals surface area contributed by atoms with Crippen LogP contribution >= 0.6 is 11.3 Å². The normalized spacial score (nSPS) is 16.1. The summed E-state index contributed by atoms with van der Waals surface area (Å²) in [4.78, 5) is 47.3. The summed E-state index contributed by atoms with van der Waals surface area (Å²) in [6.07, 6.45) is 0. The van der Waals surface area contributed by atoms with Crippen LogP contribution in [0.4, 0.5) is 10.8 Å². The van der Waals surface area contributed by atoms with Crippen molar-refractivity contribution < 1.29 is 24.2 Å². The maximum absolute atomic E-state index is 13.5. The fourth-order valence-electron chi connectivity index (χ4n) is 4.91. The monoisotopic (exact) mass is 581 g/mol. The summed E-state index contributed by atoms with van der Waals surface area (Å²) >= 11 is 1.06. The first-order valence-electron chi connectivity index (χ1n) is 13.4. The molecule has 0 bridgehead atoms. The second-order valence-electron chi connectivity index (χ2n) is 10.4. The second kappa shape index (κ2) is 11.6. The quantitative estimate of drug-likeness (QED) is 0.114. The summed E-state index contributed by atoms with van der Waals surface area (Å²) in [5, 5.41) is 11.7. The number of amides is 1. The number of anilines is 2. The number of thiazole rings is 1. The Balaban J connectivity index is 1.54. The van der Waals surface area contributed by atoms with E-state index in [1.807, 2.05) is 74.4 Å². The highest BCUT2D eigenvalue weighted by Crippen LogP contribution is 2.44. The van der Waals surface area contributed by atoms with Crippen molar-refractivity contribution in [3.8, 4) is 5.75 Å². The van der Waals surface area contributed by atoms with Gasteiger partial charge in [0.05, 0.1) is 22.2 Å². The second-order valence-corrected chi connectivity index (χ2v) is 11.3. The molecule has 1 unspecified atom stereocenters. The van der Waals surface area contributed by atoms with Crippen LogP contribution < -0.4 is 14.5 Å². The van der Waals surface area contributed by atoms with Crippen LogP contribution in [0.5, 0.6) is 5.75 Å². The number of aliphatic hydroxyl groups is 1. The molecule has 1 atom stereocenters. The highest BCUT2D eigenvalue weighted by atomic mass is 32.1. The fraction of sp³-hybridized carbons (Fsp3) is 0.212. The first-order valence-corrected chi connectivity index (χ1v) is 14.2. The first-order chi connectivity index (χ1) is 20.1. The highest BCUT2D eigenvalue weighted by molar-refractivity contribution is 7.18. The van der Waals surface area contributed by atoms with Crippen LogP contribution in [0.3, 0.4) is 0 Å². The smallest absolute Gasteiger partial charge is 0.301 e. The van der Waals surface area contributed by atoms with Gasteiger partial charge in [-0.05, 0) is 66.9 Å². The van der Waals surface area contributed by atoms with Crippen LogP contribution in [0.25, 0.3) is 5.76 Å². The van der Waals surface area contributed by atoms with Gasteiger partial charge in [0.1, 0.15) is 18.1 Å². The molecule has 5 rings (SSSR count). The van der Waals surface area contributed by atoms with E-state index in [4.69, 9.17) is 4.74 Å². The first kappa shape index (κ1) is 28.8. The molecule has 2 heterocycles. The van der Waals surface area contributed by atoms with Crippen molar-refractivity contribution in [3.05, 3.63) is 111 Å². The van der Waals surface area contributed by atoms with E-state index in [-0.39, 0.29) is 22.2 Å². The summed E-state index contributed by atoms with van der Waals surface area (Å²) in [7, 11) is 3.83. The number of nitrogens with zero attached hydrogens (tertiary/aromatic N) is 3. The van der Waals surface area contributed by atoms with Crippen LogP contribution in [-0.4, -0.2) is 41.7 Å². The van der Waals surface area contributed by atoms with Gasteiger partial charge in [0.2, 0.25) is 0 Å². The van der Waals surface area contributed by atoms with Gasteiger partial charge < -0.3 is 14.7 Å². The molecule has 1 fully saturated rings. The Labute approximate surface area is 248 Å². The molecule has 1 amide bonds. The molecule has 1 N–H and O–H groups in total. The largest absolute Gasteiger partial charge is 0.507 e. The predicted molar refractivity (Wildman–Crippen MR) is 164 cm³/mol. The standard InChI is InChI=1S/C33H31N3O5S/c1-19-8-6-7-9-24(19)18-41-26-16-12-23(13-17-26)29(38)27-28(22-10-14-25(15-11-22)35(4)5)36(32(40)30(27)39)33-34-20(2)31(42-33)21(3)37/h6-17,28,38H,18H2,1-5H3/b29-27+. The zero-order chi connectivity index (χ0) is 30.1. The van der Waals surface area contributed by atoms with Crippen LogP contribution in [-0.2, 0) is 16.2 Å². The molecule has 0 saturated carbocycles. The van der Waals surface area contributed by atoms with Crippen molar-refractivity contribution in [2.24, 2.45) is 0 Å². The zero-order valence-corrected chi connectivity index (χ0v) is 24.9. The Hall–Kier alpha value is -4.76. The zero-order valence-electron chi connectivity index (χ0n) is 24.0. The minimum atomic E-state index is -0.941. The topological polar surface area (TPSA) is 100 Å². The number of aryl methyl sites for hydroxylation is 2. The van der Waals surface area contributed by atoms with Crippen LogP contribution in [0, 0.1) is 13.8 Å². The van der Waals surface area contributed by atoms with E-state index in [9.17, 15) is 19.5 Å². The molecular formula is C33H31N3O5S. The molecule has 214 valence electrons. The number of ether oxygens (including phenoxy) is 1. The summed E-state index contributed by atoms with van der Waals surface area (Å²) in [6.45, 7) is 5.54. The lowest BCUT2D eigenvalue weighted by Crippen LogP contribution is -2.29. The summed E-state index contributed by atoms with van der Waals surface area (Å²) in [5.41, 5.74) is 4.54. The number of hydrogen-bond acceptors (Lipinski definition) is 8. The molecule has 1 aromatic heterocycles. The fourth-order valence-corrected chi connectivity index (χ4v) is 5.90. The number of aliphatic hydroxyl groups excluding tert-OH is 1. The number of rotatable bonds is 8. The molecule has 1 aliphatic heterocycles. The third-order valence-corrected chi connectivity index (χ3v) is 8.52. The van der Waals surface area contributed by atoms with Gasteiger partial charge in [-0.25, -0.2) is 4.98 Å². The van der Waals surface area contributed by atoms with Gasteiger partial charge in [0.25, 0.3) is 5.78 Å². The van der Waals surface area contributed by atoms with Crippen LogP contribution in [0.15, 0.2) is 78.4 Å². The predicted octanol–water partition coefficient (Wildman–Crippen LogP) is 6.23. The van der Waals surface area contributed by atoms with Crippen molar-refractivity contribution in [1.29, 1.82) is 0 Å². The molecule has 0 aliphatic carbocycles. The van der Waals surface area contributed by atoms with Gasteiger partial charge in [-0.1, -0.05) is 47.7 Å². The molecule has 9 heteroatoms. The summed E-state index contributed by atoms with van der Waals surface area (Å²) < 4.78 is 5.93. The van der Waals surface area contributed by atoms with E-state index in [1.54, 1.807) is 31.2 Å². The van der Waals surface area contributed by atoms with Gasteiger partial charge >= 0.3 is 5.91 Å². The molecule has 0 spiro atoms. The maximum Gasteiger partial charge on any atom is 0.301 e. The lowest BCUT2D eigenvalue weighted by Gasteiger charge is -2.23. The third-order valence-electron chi connectivity index (χ3n) is 7.26. The Morgan fingerprint density at radius 3 is 2.26 bits per heavy atom. The van der Waals surface area contributed by atoms with Crippen molar-refractivity contribution in [2.45, 2.75) is 33.4 Å². The summed E-state index contributed by atoms with van der Waals surface area (Å²) in [6, 6.07) is 21.2. The lowest BCUT2D eigenvalue weighted by molar-refractivity contribution is -0.132. The Kier molecular flexibility index (Phi) is 7.95. The third kappa shape index (κ3) is 5.43. The highest BCUT2D eigenvalue weighted by Gasteiger charge is 2.48. The number of ketones is 2. The molecule has 1 aliphatic rings. The Morgan fingerprint density at radius 2 is 1.67 bits per heavy atom. The van der Waals surface area contributed by atoms with Crippen molar-refractivity contribution in [2.75, 3.05) is 23.9 Å². The molecule has 3 aromatic carbocycles. The van der Waals surface area contributed by atoms with E-state index in [2.05, 4.69) is 4.98 Å². The average Bonchev–Trinajstić information content (AvgIpc) is 3.49. The lowest BCUT2D eigenvalue weighted by atomic mass is 9.95. The summed E-state index contributed by atoms with van der Waals surface area (Å²) in [5.74, 6) is -1.53. The number of Topliss-reactive ketones (excluding diaryl/α,β-unsaturated/α-hetero) is 2. The number of hydrogen-bond donors (Lipinski definition) is 1. The SMILES string of the molecule is CC(=O)c1sc(N2C(=O)C(=O)/C(=C(/O)c3ccc(OCc4ccccc4C)cc3)C2c2ccc(N(C)C)cc2)nc1C. The van der Waals surface area contributed by atoms with Gasteiger partial charge in [-0.3, -0.25) is 19.3 Å². The van der Waals surface area contributed by atoms with Gasteiger partial charge in [0.15, 0.2) is 10.9 Å². The Bertz CT molecular complexity index is 1700. The van der Waals surface area contributed by atoms with E-state index in [0.717, 1.165) is 28.2 Å². The molecule has 1 saturated heterocycles. The molecule has 0 radical (unpaired) electrons. The minimum absolute atomic E-state index is 0.0524. The van der Waals surface area contributed by atoms with Gasteiger partial charge in [-0.15, -0.1) is 0 Å². The number of carbonyl (C=O) groups is 3. The van der Waals surface area contributed by atoms with Crippen LogP contribution in [0.1, 0.15) is 50.6 Å². The van der Waals surface area contributed by atoms with Crippen molar-refractivity contribution in [3.63, 3.8) is 0 Å². The molecule has 8 nitrogen and oxygen atoms in total. The van der Waals surface area contributed by atoms with Crippen molar-refractivity contribution in [1.82, 2.24) is 4.98 Å². The molecule has 4 aromatic rings. The van der Waals surface area contributed by atoms with E-state index >= 15 is 0 Å². The number of carbonyl (C=O) groups excluding carboxylic acids is 3. The van der Waals surface area contributed by atoms with Gasteiger partial charge in [0, 0.05) is 32.3 Å². The molecular weight excluding hydrogens is 550 g/mol. The minimum Gasteiger partial charge on any atom is -0.507 e. The van der Waals surface area contributed by atoms with Gasteiger partial charge in [-0.2, -0.15) is 0 Å². The van der Waals surface area contributed by atoms with E-state index < -0.39 is 17.7 Å².